The highest BCUT2D eigenvalue weighted by atomic mass is 35.5. The first-order valence-electron chi connectivity index (χ1n) is 10.4. The van der Waals surface area contributed by atoms with E-state index in [1.165, 1.54) is 18.4 Å². The molecule has 7 nitrogen and oxygen atoms in total. The number of carbonyl (C=O) groups excluding carboxylic acids is 2. The van der Waals surface area contributed by atoms with Crippen molar-refractivity contribution in [2.24, 2.45) is 0 Å². The summed E-state index contributed by atoms with van der Waals surface area (Å²) in [6, 6.07) is 8.68. The molecule has 0 saturated heterocycles. The van der Waals surface area contributed by atoms with Crippen molar-refractivity contribution in [3.63, 3.8) is 0 Å². The molecule has 1 aromatic carbocycles. The maximum Gasteiger partial charge on any atom is 0.259 e. The van der Waals surface area contributed by atoms with E-state index in [0.717, 1.165) is 41.9 Å². The minimum Gasteiger partial charge on any atom is -0.495 e. The Balaban J connectivity index is 1.52. The van der Waals surface area contributed by atoms with Crippen LogP contribution in [0.3, 0.4) is 0 Å². The van der Waals surface area contributed by atoms with Crippen LogP contribution in [-0.4, -0.2) is 25.5 Å². The maximum atomic E-state index is 13.3. The van der Waals surface area contributed by atoms with Gasteiger partial charge in [-0.25, -0.2) is 0 Å². The molecule has 0 atom stereocenters. The number of amides is 2. The lowest BCUT2D eigenvalue weighted by Gasteiger charge is -2.15. The Labute approximate surface area is 195 Å². The number of carbonyl (C=O) groups is 2. The zero-order valence-corrected chi connectivity index (χ0v) is 19.2. The molecule has 1 aliphatic carbocycles. The topological polar surface area (TPSA) is 92.6 Å². The molecular weight excluding hydrogens is 450 g/mol. The van der Waals surface area contributed by atoms with Gasteiger partial charge in [-0.15, -0.1) is 11.3 Å². The summed E-state index contributed by atoms with van der Waals surface area (Å²) in [5.74, 6) is 0.757. The van der Waals surface area contributed by atoms with Crippen LogP contribution in [0.25, 0.3) is 0 Å². The summed E-state index contributed by atoms with van der Waals surface area (Å²) < 4.78 is 10.6. The molecule has 9 heteroatoms. The number of anilines is 2. The van der Waals surface area contributed by atoms with Crippen LogP contribution in [0.15, 0.2) is 41.0 Å². The number of furan rings is 1. The third kappa shape index (κ3) is 5.15. The second kappa shape index (κ2) is 10.2. The Morgan fingerprint density at radius 1 is 1.19 bits per heavy atom. The van der Waals surface area contributed by atoms with Gasteiger partial charge in [-0.2, -0.15) is 0 Å². The molecule has 2 aromatic heterocycles. The van der Waals surface area contributed by atoms with Gasteiger partial charge < -0.3 is 25.1 Å². The van der Waals surface area contributed by atoms with Crippen LogP contribution in [0, 0.1) is 0 Å². The van der Waals surface area contributed by atoms with E-state index in [2.05, 4.69) is 16.0 Å². The number of rotatable bonds is 8. The molecule has 0 unspecified atom stereocenters. The molecule has 3 N–H and O–H groups in total. The fraction of sp³-hybridized carbons (Fsp3) is 0.304. The van der Waals surface area contributed by atoms with Crippen molar-refractivity contribution >= 4 is 45.4 Å². The van der Waals surface area contributed by atoms with Crippen LogP contribution < -0.4 is 20.7 Å². The molecule has 2 heterocycles. The maximum absolute atomic E-state index is 13.3. The first-order chi connectivity index (χ1) is 15.5. The second-order valence-electron chi connectivity index (χ2n) is 7.44. The largest absolute Gasteiger partial charge is 0.495 e. The van der Waals surface area contributed by atoms with Gasteiger partial charge in [0.05, 0.1) is 37.7 Å². The first kappa shape index (κ1) is 22.4. The molecule has 0 aliphatic heterocycles. The highest BCUT2D eigenvalue weighted by Gasteiger charge is 2.27. The summed E-state index contributed by atoms with van der Waals surface area (Å²) in [7, 11) is 1.53. The zero-order chi connectivity index (χ0) is 22.5. The molecule has 2 amide bonds. The van der Waals surface area contributed by atoms with E-state index in [-0.39, 0.29) is 18.4 Å². The van der Waals surface area contributed by atoms with E-state index in [1.807, 2.05) is 6.07 Å². The van der Waals surface area contributed by atoms with Crippen LogP contribution in [0.2, 0.25) is 5.02 Å². The molecule has 0 fully saturated rings. The Morgan fingerprint density at radius 3 is 2.81 bits per heavy atom. The molecule has 168 valence electrons. The molecule has 0 radical (unpaired) electrons. The van der Waals surface area contributed by atoms with Crippen molar-refractivity contribution in [3.05, 3.63) is 63.4 Å². The summed E-state index contributed by atoms with van der Waals surface area (Å²) in [5.41, 5.74) is 2.02. The average molecular weight is 474 g/mol. The monoisotopic (exact) mass is 473 g/mol. The number of aryl methyl sites for hydroxylation is 1. The molecular formula is C23H24ClN3O4S. The van der Waals surface area contributed by atoms with Gasteiger partial charge in [0.1, 0.15) is 16.5 Å². The molecule has 0 bridgehead atoms. The highest BCUT2D eigenvalue weighted by Crippen LogP contribution is 2.39. The molecule has 3 aromatic rings. The number of hydrogen-bond acceptors (Lipinski definition) is 6. The summed E-state index contributed by atoms with van der Waals surface area (Å²) in [6.07, 6.45) is 5.41. The predicted octanol–water partition coefficient (Wildman–Crippen LogP) is 4.86. The van der Waals surface area contributed by atoms with Crippen molar-refractivity contribution in [3.8, 4) is 5.75 Å². The number of methoxy groups -OCH3 is 1. The van der Waals surface area contributed by atoms with Crippen LogP contribution in [0.5, 0.6) is 5.75 Å². The van der Waals surface area contributed by atoms with Crippen molar-refractivity contribution in [1.82, 2.24) is 5.32 Å². The van der Waals surface area contributed by atoms with E-state index in [1.54, 1.807) is 30.5 Å². The summed E-state index contributed by atoms with van der Waals surface area (Å²) >= 11 is 7.58. The number of fused-ring (bicyclic) bond motifs is 1. The van der Waals surface area contributed by atoms with Crippen molar-refractivity contribution in [2.45, 2.75) is 32.2 Å². The van der Waals surface area contributed by atoms with Crippen molar-refractivity contribution in [2.75, 3.05) is 24.3 Å². The number of thiophene rings is 1. The zero-order valence-electron chi connectivity index (χ0n) is 17.6. The Hall–Kier alpha value is -2.81. The number of ether oxygens (including phenoxy) is 1. The normalized spacial score (nSPS) is 12.8. The summed E-state index contributed by atoms with van der Waals surface area (Å²) in [4.78, 5) is 27.0. The Kier molecular flexibility index (Phi) is 7.14. The second-order valence-corrected chi connectivity index (χ2v) is 8.99. The standard InChI is InChI=1S/C23H24ClN3O4S/c1-30-18-9-8-14(24)11-17(18)26-22(29)21-16-6-2-3-7-19(16)32-23(21)27-20(28)13-25-12-15-5-4-10-31-15/h4-5,8-11,25H,2-3,6-7,12-13H2,1H3,(H,26,29)(H,27,28). The summed E-state index contributed by atoms with van der Waals surface area (Å²) in [6.45, 7) is 0.551. The molecule has 1 aliphatic rings. The van der Waals surface area contributed by atoms with Crippen LogP contribution >= 0.6 is 22.9 Å². The number of nitrogens with one attached hydrogen (secondary N) is 3. The lowest BCUT2D eigenvalue weighted by atomic mass is 9.95. The third-order valence-electron chi connectivity index (χ3n) is 5.23. The number of halogens is 1. The van der Waals surface area contributed by atoms with E-state index in [0.29, 0.717) is 33.6 Å². The fourth-order valence-electron chi connectivity index (χ4n) is 3.74. The van der Waals surface area contributed by atoms with Crippen LogP contribution in [0.1, 0.15) is 39.4 Å². The van der Waals surface area contributed by atoms with Gasteiger partial charge in [-0.3, -0.25) is 9.59 Å². The molecule has 0 spiro atoms. The van der Waals surface area contributed by atoms with Crippen molar-refractivity contribution < 1.29 is 18.7 Å². The SMILES string of the molecule is COc1ccc(Cl)cc1NC(=O)c1c(NC(=O)CNCc2ccco2)sc2c1CCCC2. The first-order valence-corrected chi connectivity index (χ1v) is 11.6. The van der Waals surface area contributed by atoms with Crippen LogP contribution in [-0.2, 0) is 24.2 Å². The van der Waals surface area contributed by atoms with Gasteiger partial charge in [0.2, 0.25) is 5.91 Å². The quantitative estimate of drug-likeness (QED) is 0.434. The van der Waals surface area contributed by atoms with Gasteiger partial charge in [0.15, 0.2) is 0 Å². The van der Waals surface area contributed by atoms with Gasteiger partial charge in [-0.05, 0) is 61.6 Å². The summed E-state index contributed by atoms with van der Waals surface area (Å²) in [5, 5.41) is 9.94. The van der Waals surface area contributed by atoms with Crippen molar-refractivity contribution in [1.29, 1.82) is 0 Å². The lowest BCUT2D eigenvalue weighted by Crippen LogP contribution is -2.28. The van der Waals surface area contributed by atoms with Gasteiger partial charge in [-0.1, -0.05) is 11.6 Å². The third-order valence-corrected chi connectivity index (χ3v) is 6.67. The highest BCUT2D eigenvalue weighted by molar-refractivity contribution is 7.17. The average Bonchev–Trinajstić information content (AvgIpc) is 3.41. The number of benzene rings is 1. The van der Waals surface area contributed by atoms with Gasteiger partial charge >= 0.3 is 0 Å². The predicted molar refractivity (Wildman–Crippen MR) is 126 cm³/mol. The van der Waals surface area contributed by atoms with E-state index >= 15 is 0 Å². The Bertz CT molecular complexity index is 1110. The smallest absolute Gasteiger partial charge is 0.259 e. The van der Waals surface area contributed by atoms with E-state index < -0.39 is 0 Å². The minimum atomic E-state index is -0.288. The van der Waals surface area contributed by atoms with E-state index in [9.17, 15) is 9.59 Å². The Morgan fingerprint density at radius 2 is 2.03 bits per heavy atom. The molecule has 32 heavy (non-hydrogen) atoms. The minimum absolute atomic E-state index is 0.104. The van der Waals surface area contributed by atoms with Crippen LogP contribution in [0.4, 0.5) is 10.7 Å². The lowest BCUT2D eigenvalue weighted by molar-refractivity contribution is -0.115. The van der Waals surface area contributed by atoms with Gasteiger partial charge in [0.25, 0.3) is 5.91 Å². The van der Waals surface area contributed by atoms with Gasteiger partial charge in [0, 0.05) is 9.90 Å². The molecule has 4 rings (SSSR count). The number of hydrogen-bond donors (Lipinski definition) is 3. The fourth-order valence-corrected chi connectivity index (χ4v) is 5.22. The van der Waals surface area contributed by atoms with E-state index in [4.69, 9.17) is 20.8 Å². The molecule has 0 saturated carbocycles.